The second kappa shape index (κ2) is 9.63. The lowest BCUT2D eigenvalue weighted by molar-refractivity contribution is 0.0977. The number of halogens is 1. The van der Waals surface area contributed by atoms with E-state index in [9.17, 15) is 4.79 Å². The third kappa shape index (κ3) is 4.89. The van der Waals surface area contributed by atoms with Crippen molar-refractivity contribution in [3.8, 4) is 11.5 Å². The number of fused-ring (bicyclic) bond motifs is 1. The van der Waals surface area contributed by atoms with E-state index in [1.165, 1.54) is 5.56 Å². The first kappa shape index (κ1) is 22.2. The fourth-order valence-electron chi connectivity index (χ4n) is 3.28. The molecule has 4 rings (SSSR count). The molecule has 2 N–H and O–H groups in total. The maximum absolute atomic E-state index is 12.4. The van der Waals surface area contributed by atoms with Crippen LogP contribution in [0.5, 0.6) is 0 Å². The molecule has 5 nitrogen and oxygen atoms in total. The van der Waals surface area contributed by atoms with Gasteiger partial charge in [0.1, 0.15) is 5.52 Å². The van der Waals surface area contributed by atoms with Gasteiger partial charge >= 0.3 is 0 Å². The Morgan fingerprint density at radius 1 is 1.12 bits per heavy atom. The third-order valence-electron chi connectivity index (χ3n) is 5.33. The van der Waals surface area contributed by atoms with Crippen molar-refractivity contribution in [1.82, 2.24) is 10.3 Å². The number of aromatic nitrogens is 1. The third-order valence-corrected chi connectivity index (χ3v) is 6.22. The molecular weight excluding hydrogens is 486 g/mol. The minimum absolute atomic E-state index is 0.220. The van der Waals surface area contributed by atoms with Crippen molar-refractivity contribution in [3.63, 3.8) is 0 Å². The maximum Gasteiger partial charge on any atom is 0.258 e. The van der Waals surface area contributed by atoms with Crippen molar-refractivity contribution in [1.29, 1.82) is 0 Å². The largest absolute Gasteiger partial charge is 0.436 e. The number of thiocarbonyl (C=S) groups is 1. The Morgan fingerprint density at radius 2 is 1.88 bits per heavy atom. The zero-order chi connectivity index (χ0) is 22.7. The van der Waals surface area contributed by atoms with Gasteiger partial charge in [0.05, 0.1) is 5.56 Å². The monoisotopic (exact) mass is 507 g/mol. The second-order valence-electron chi connectivity index (χ2n) is 7.52. The topological polar surface area (TPSA) is 67.2 Å². The van der Waals surface area contributed by atoms with Gasteiger partial charge < -0.3 is 9.73 Å². The number of nitrogens with one attached hydrogen (secondary N) is 2. The molecule has 0 bridgehead atoms. The van der Waals surface area contributed by atoms with Crippen molar-refractivity contribution in [2.24, 2.45) is 0 Å². The number of amides is 1. The van der Waals surface area contributed by atoms with Gasteiger partial charge in [0.25, 0.3) is 5.91 Å². The number of hydrogen-bond donors (Lipinski definition) is 2. The molecule has 0 aliphatic heterocycles. The van der Waals surface area contributed by atoms with Crippen molar-refractivity contribution >= 4 is 56.0 Å². The number of anilines is 1. The van der Waals surface area contributed by atoms with Crippen LogP contribution < -0.4 is 10.6 Å². The minimum atomic E-state index is -0.283. The molecule has 1 aromatic heterocycles. The highest BCUT2D eigenvalue weighted by Crippen LogP contribution is 2.28. The van der Waals surface area contributed by atoms with E-state index in [1.54, 1.807) is 18.2 Å². The van der Waals surface area contributed by atoms with Gasteiger partial charge in [-0.15, -0.1) is 0 Å². The molecule has 0 aliphatic rings. The van der Waals surface area contributed by atoms with Crippen LogP contribution in [0, 0.1) is 0 Å². The van der Waals surface area contributed by atoms with E-state index in [2.05, 4.69) is 57.5 Å². The zero-order valence-electron chi connectivity index (χ0n) is 17.7. The standard InChI is InChI=1S/C25H22BrN3O2S/c1-3-15(2)17-10-13-22-21(14-17)28-24(31-22)16-8-11-18(12-9-16)27-25(32)29-23(30)19-6-4-5-7-20(19)26/h4-15H,3H2,1-2H3,(H2,27,29,30,32)/t15-/m0/s1. The Bertz CT molecular complexity index is 1280. The van der Waals surface area contributed by atoms with Crippen molar-refractivity contribution in [2.75, 3.05) is 5.32 Å². The maximum atomic E-state index is 12.4. The van der Waals surface area contributed by atoms with E-state index in [0.717, 1.165) is 28.8 Å². The molecule has 0 saturated heterocycles. The van der Waals surface area contributed by atoms with Crippen LogP contribution in [0.3, 0.4) is 0 Å². The smallest absolute Gasteiger partial charge is 0.258 e. The van der Waals surface area contributed by atoms with Crippen LogP contribution in [0.2, 0.25) is 0 Å². The lowest BCUT2D eigenvalue weighted by Crippen LogP contribution is -2.34. The summed E-state index contributed by atoms with van der Waals surface area (Å²) in [5.74, 6) is 0.768. The summed E-state index contributed by atoms with van der Waals surface area (Å²) in [5.41, 5.74) is 5.01. The number of hydrogen-bond acceptors (Lipinski definition) is 4. The Labute approximate surface area is 200 Å². The van der Waals surface area contributed by atoms with Gasteiger partial charge in [0, 0.05) is 15.7 Å². The van der Waals surface area contributed by atoms with Crippen molar-refractivity contribution < 1.29 is 9.21 Å². The molecular formula is C25H22BrN3O2S. The van der Waals surface area contributed by atoms with Gasteiger partial charge in [-0.1, -0.05) is 32.0 Å². The summed E-state index contributed by atoms with van der Waals surface area (Å²) >= 11 is 8.65. The lowest BCUT2D eigenvalue weighted by Gasteiger charge is -2.10. The molecule has 162 valence electrons. The number of nitrogens with zero attached hydrogens (tertiary/aromatic N) is 1. The van der Waals surface area contributed by atoms with Crippen LogP contribution in [0.4, 0.5) is 5.69 Å². The second-order valence-corrected chi connectivity index (χ2v) is 8.78. The van der Waals surface area contributed by atoms with E-state index in [1.807, 2.05) is 36.4 Å². The average molecular weight is 508 g/mol. The first-order chi connectivity index (χ1) is 15.4. The molecule has 7 heteroatoms. The Morgan fingerprint density at radius 3 is 2.59 bits per heavy atom. The Kier molecular flexibility index (Phi) is 6.67. The summed E-state index contributed by atoms with van der Waals surface area (Å²) in [6, 6.07) is 20.9. The van der Waals surface area contributed by atoms with Crippen molar-refractivity contribution in [2.45, 2.75) is 26.2 Å². The first-order valence-electron chi connectivity index (χ1n) is 10.3. The Hall–Kier alpha value is -3.03. The van der Waals surface area contributed by atoms with E-state index >= 15 is 0 Å². The highest BCUT2D eigenvalue weighted by Gasteiger charge is 2.13. The van der Waals surface area contributed by atoms with E-state index in [-0.39, 0.29) is 11.0 Å². The molecule has 0 spiro atoms. The predicted octanol–water partition coefficient (Wildman–Crippen LogP) is 6.90. The van der Waals surface area contributed by atoms with Crippen LogP contribution in [0.15, 0.2) is 75.6 Å². The van der Waals surface area contributed by atoms with E-state index in [4.69, 9.17) is 16.6 Å². The quantitative estimate of drug-likeness (QED) is 0.287. The lowest BCUT2D eigenvalue weighted by atomic mass is 9.98. The number of benzene rings is 3. The van der Waals surface area contributed by atoms with E-state index < -0.39 is 0 Å². The summed E-state index contributed by atoms with van der Waals surface area (Å²) in [7, 11) is 0. The van der Waals surface area contributed by atoms with Gasteiger partial charge in [-0.2, -0.15) is 0 Å². The van der Waals surface area contributed by atoms with Crippen LogP contribution in [0.1, 0.15) is 42.1 Å². The summed E-state index contributed by atoms with van der Waals surface area (Å²) in [4.78, 5) is 17.0. The molecule has 3 aromatic carbocycles. The minimum Gasteiger partial charge on any atom is -0.436 e. The molecule has 0 aliphatic carbocycles. The van der Waals surface area contributed by atoms with Crippen LogP contribution in [-0.4, -0.2) is 16.0 Å². The van der Waals surface area contributed by atoms with E-state index in [0.29, 0.717) is 21.8 Å². The summed E-state index contributed by atoms with van der Waals surface area (Å²) in [6.45, 7) is 4.38. The molecule has 4 aromatic rings. The molecule has 1 heterocycles. The van der Waals surface area contributed by atoms with Crippen molar-refractivity contribution in [3.05, 3.63) is 82.3 Å². The summed E-state index contributed by atoms with van der Waals surface area (Å²) in [5, 5.41) is 5.94. The van der Waals surface area contributed by atoms with Gasteiger partial charge in [-0.25, -0.2) is 4.98 Å². The fraction of sp³-hybridized carbons (Fsp3) is 0.160. The number of oxazole rings is 1. The zero-order valence-corrected chi connectivity index (χ0v) is 20.1. The number of carbonyl (C=O) groups excluding carboxylic acids is 1. The first-order valence-corrected chi connectivity index (χ1v) is 11.5. The average Bonchev–Trinajstić information content (AvgIpc) is 3.22. The highest BCUT2D eigenvalue weighted by atomic mass is 79.9. The van der Waals surface area contributed by atoms with Gasteiger partial charge in [0.15, 0.2) is 10.7 Å². The van der Waals surface area contributed by atoms with Gasteiger partial charge in [0.2, 0.25) is 5.89 Å². The van der Waals surface area contributed by atoms with Gasteiger partial charge in [-0.3, -0.25) is 10.1 Å². The molecule has 0 saturated carbocycles. The molecule has 1 atom stereocenters. The molecule has 0 radical (unpaired) electrons. The highest BCUT2D eigenvalue weighted by molar-refractivity contribution is 9.10. The van der Waals surface area contributed by atoms with Crippen LogP contribution in [-0.2, 0) is 0 Å². The molecule has 1 amide bonds. The number of rotatable bonds is 5. The summed E-state index contributed by atoms with van der Waals surface area (Å²) in [6.07, 6.45) is 1.08. The summed E-state index contributed by atoms with van der Waals surface area (Å²) < 4.78 is 6.65. The fourth-order valence-corrected chi connectivity index (χ4v) is 3.96. The van der Waals surface area contributed by atoms with Crippen LogP contribution in [0.25, 0.3) is 22.6 Å². The SMILES string of the molecule is CC[C@H](C)c1ccc2oc(-c3ccc(NC(=S)NC(=O)c4ccccc4Br)cc3)nc2c1. The molecule has 0 fully saturated rings. The molecule has 32 heavy (non-hydrogen) atoms. The Balaban J connectivity index is 1.44. The van der Waals surface area contributed by atoms with Gasteiger partial charge in [-0.05, 0) is 94.6 Å². The predicted molar refractivity (Wildman–Crippen MR) is 136 cm³/mol. The number of carbonyl (C=O) groups is 1. The molecule has 0 unspecified atom stereocenters. The van der Waals surface area contributed by atoms with Crippen LogP contribution >= 0.6 is 28.1 Å². The normalized spacial score (nSPS) is 11.8.